The fourth-order valence-electron chi connectivity index (χ4n) is 3.78. The second-order valence-corrected chi connectivity index (χ2v) is 7.61. The molecule has 0 spiro atoms. The Balaban J connectivity index is 1.73. The summed E-state index contributed by atoms with van der Waals surface area (Å²) < 4.78 is 1.00. The molecule has 4 nitrogen and oxygen atoms in total. The summed E-state index contributed by atoms with van der Waals surface area (Å²) in [6.07, 6.45) is 0. The molecule has 0 aliphatic carbocycles. The molecule has 0 saturated heterocycles. The van der Waals surface area contributed by atoms with E-state index in [-0.39, 0.29) is 11.9 Å². The second kappa shape index (κ2) is 6.77. The highest BCUT2D eigenvalue weighted by Gasteiger charge is 2.42. The Bertz CT molecular complexity index is 1140. The highest BCUT2D eigenvalue weighted by atomic mass is 79.9. The molecule has 4 aromatic rings. The van der Waals surface area contributed by atoms with Crippen molar-refractivity contribution in [3.05, 3.63) is 106 Å². The van der Waals surface area contributed by atoms with E-state index < -0.39 is 0 Å². The predicted molar refractivity (Wildman–Crippen MR) is 113 cm³/mol. The monoisotopic (exact) mass is 429 g/mol. The summed E-state index contributed by atoms with van der Waals surface area (Å²) in [7, 11) is 0. The van der Waals surface area contributed by atoms with E-state index in [1.54, 1.807) is 0 Å². The molecule has 1 amide bonds. The average Bonchev–Trinajstić information content (AvgIpc) is 3.29. The zero-order valence-electron chi connectivity index (χ0n) is 14.8. The van der Waals surface area contributed by atoms with Crippen LogP contribution in [-0.4, -0.2) is 16.1 Å². The number of para-hydroxylation sites is 1. The Morgan fingerprint density at radius 3 is 2.18 bits per heavy atom. The maximum Gasteiger partial charge on any atom is 0.277 e. The molecular formula is C23H16BrN3O. The number of H-pyrrole nitrogens is 1. The highest BCUT2D eigenvalue weighted by molar-refractivity contribution is 9.10. The SMILES string of the molecule is O=C1c2[nH]nc(-c3ccccc3)c2C(c2ccc(Br)cc2)N1c1ccccc1. The van der Waals surface area contributed by atoms with Crippen LogP contribution in [0.3, 0.4) is 0 Å². The lowest BCUT2D eigenvalue weighted by Gasteiger charge is -2.26. The molecular weight excluding hydrogens is 414 g/mol. The molecule has 28 heavy (non-hydrogen) atoms. The number of nitrogens with one attached hydrogen (secondary N) is 1. The third kappa shape index (κ3) is 2.67. The van der Waals surface area contributed by atoms with Crippen LogP contribution in [-0.2, 0) is 0 Å². The third-order valence-electron chi connectivity index (χ3n) is 5.04. The van der Waals surface area contributed by atoms with E-state index in [2.05, 4.69) is 38.3 Å². The van der Waals surface area contributed by atoms with Gasteiger partial charge in [0.15, 0.2) is 0 Å². The molecule has 136 valence electrons. The first-order valence-electron chi connectivity index (χ1n) is 9.02. The van der Waals surface area contributed by atoms with Crippen LogP contribution in [0, 0.1) is 0 Å². The molecule has 1 aromatic heterocycles. The molecule has 2 heterocycles. The van der Waals surface area contributed by atoms with Gasteiger partial charge in [-0.25, -0.2) is 0 Å². The lowest BCUT2D eigenvalue weighted by Crippen LogP contribution is -2.29. The van der Waals surface area contributed by atoms with Crippen molar-refractivity contribution in [2.75, 3.05) is 4.90 Å². The molecule has 0 saturated carbocycles. The van der Waals surface area contributed by atoms with Gasteiger partial charge in [0.05, 0.1) is 11.7 Å². The van der Waals surface area contributed by atoms with Crippen LogP contribution in [0.5, 0.6) is 0 Å². The predicted octanol–water partition coefficient (Wildman–Crippen LogP) is 5.59. The molecule has 5 heteroatoms. The topological polar surface area (TPSA) is 49.0 Å². The maximum atomic E-state index is 13.3. The summed E-state index contributed by atoms with van der Waals surface area (Å²) in [6.45, 7) is 0. The summed E-state index contributed by atoms with van der Waals surface area (Å²) >= 11 is 3.50. The Labute approximate surface area is 171 Å². The number of rotatable bonds is 3. The molecule has 3 aromatic carbocycles. The van der Waals surface area contributed by atoms with E-state index >= 15 is 0 Å². The first kappa shape index (κ1) is 17.0. The van der Waals surface area contributed by atoms with E-state index in [0.717, 1.165) is 32.5 Å². The van der Waals surface area contributed by atoms with Gasteiger partial charge in [-0.05, 0) is 29.8 Å². The van der Waals surface area contributed by atoms with Gasteiger partial charge in [-0.3, -0.25) is 14.8 Å². The summed E-state index contributed by atoms with van der Waals surface area (Å²) in [5.41, 5.74) is 5.18. The number of hydrogen-bond donors (Lipinski definition) is 1. The van der Waals surface area contributed by atoms with Crippen LogP contribution in [0.15, 0.2) is 89.4 Å². The first-order chi connectivity index (χ1) is 13.7. The van der Waals surface area contributed by atoms with Crippen molar-refractivity contribution in [3.63, 3.8) is 0 Å². The van der Waals surface area contributed by atoms with Gasteiger partial charge in [0.2, 0.25) is 0 Å². The van der Waals surface area contributed by atoms with Gasteiger partial charge in [-0.1, -0.05) is 76.6 Å². The Hall–Kier alpha value is -3.18. The zero-order valence-corrected chi connectivity index (χ0v) is 16.4. The van der Waals surface area contributed by atoms with Crippen molar-refractivity contribution in [3.8, 4) is 11.3 Å². The average molecular weight is 430 g/mol. The fraction of sp³-hybridized carbons (Fsp3) is 0.0435. The van der Waals surface area contributed by atoms with Crippen LogP contribution in [0.2, 0.25) is 0 Å². The summed E-state index contributed by atoms with van der Waals surface area (Å²) in [4.78, 5) is 15.2. The van der Waals surface area contributed by atoms with Crippen molar-refractivity contribution >= 4 is 27.5 Å². The summed E-state index contributed by atoms with van der Waals surface area (Å²) in [5.74, 6) is -0.0659. The minimum atomic E-state index is -0.244. The minimum absolute atomic E-state index is 0.0659. The Morgan fingerprint density at radius 1 is 0.857 bits per heavy atom. The van der Waals surface area contributed by atoms with Gasteiger partial charge < -0.3 is 0 Å². The first-order valence-corrected chi connectivity index (χ1v) is 9.81. The van der Waals surface area contributed by atoms with Crippen LogP contribution < -0.4 is 4.90 Å². The molecule has 0 radical (unpaired) electrons. The summed E-state index contributed by atoms with van der Waals surface area (Å²) in [6, 6.07) is 27.6. The van der Waals surface area contributed by atoms with Gasteiger partial charge in [-0.15, -0.1) is 0 Å². The molecule has 1 aliphatic rings. The number of anilines is 1. The number of halogens is 1. The number of carbonyl (C=O) groups excluding carboxylic acids is 1. The van der Waals surface area contributed by atoms with Gasteiger partial charge >= 0.3 is 0 Å². The molecule has 5 rings (SSSR count). The van der Waals surface area contributed by atoms with Crippen LogP contribution in [0.1, 0.15) is 27.7 Å². The molecule has 0 bridgehead atoms. The van der Waals surface area contributed by atoms with Gasteiger partial charge in [0.25, 0.3) is 5.91 Å². The third-order valence-corrected chi connectivity index (χ3v) is 5.56. The zero-order chi connectivity index (χ0) is 19.1. The number of nitrogens with zero attached hydrogens (tertiary/aromatic N) is 2. The number of aromatic nitrogens is 2. The van der Waals surface area contributed by atoms with Crippen molar-refractivity contribution in [2.45, 2.75) is 6.04 Å². The van der Waals surface area contributed by atoms with E-state index in [0.29, 0.717) is 5.69 Å². The number of carbonyl (C=O) groups is 1. The molecule has 1 aliphatic heterocycles. The van der Waals surface area contributed by atoms with Gasteiger partial charge in [0, 0.05) is 21.3 Å². The molecule has 0 fully saturated rings. The smallest absolute Gasteiger partial charge is 0.277 e. The second-order valence-electron chi connectivity index (χ2n) is 6.69. The largest absolute Gasteiger partial charge is 0.295 e. The molecule has 1 atom stereocenters. The van der Waals surface area contributed by atoms with Crippen LogP contribution in [0.4, 0.5) is 5.69 Å². The lowest BCUT2D eigenvalue weighted by molar-refractivity contribution is 0.0989. The quantitative estimate of drug-likeness (QED) is 0.461. The van der Waals surface area contributed by atoms with Crippen LogP contribution >= 0.6 is 15.9 Å². The number of hydrogen-bond acceptors (Lipinski definition) is 2. The molecule has 1 N–H and O–H groups in total. The van der Waals surface area contributed by atoms with Crippen molar-refractivity contribution in [1.82, 2.24) is 10.2 Å². The maximum absolute atomic E-state index is 13.3. The lowest BCUT2D eigenvalue weighted by atomic mass is 9.96. The number of aromatic amines is 1. The van der Waals surface area contributed by atoms with Crippen molar-refractivity contribution in [2.24, 2.45) is 0 Å². The highest BCUT2D eigenvalue weighted by Crippen LogP contribution is 2.44. The number of fused-ring (bicyclic) bond motifs is 1. The van der Waals surface area contributed by atoms with Crippen LogP contribution in [0.25, 0.3) is 11.3 Å². The van der Waals surface area contributed by atoms with Gasteiger partial charge in [-0.2, -0.15) is 5.10 Å². The van der Waals surface area contributed by atoms with Crippen molar-refractivity contribution in [1.29, 1.82) is 0 Å². The van der Waals surface area contributed by atoms with Gasteiger partial charge in [0.1, 0.15) is 5.69 Å². The fourth-order valence-corrected chi connectivity index (χ4v) is 4.04. The van der Waals surface area contributed by atoms with E-state index in [4.69, 9.17) is 0 Å². The Morgan fingerprint density at radius 2 is 1.50 bits per heavy atom. The number of amides is 1. The van der Waals surface area contributed by atoms with E-state index in [1.165, 1.54) is 0 Å². The van der Waals surface area contributed by atoms with E-state index in [9.17, 15) is 4.79 Å². The summed E-state index contributed by atoms with van der Waals surface area (Å²) in [5, 5.41) is 7.49. The Kier molecular flexibility index (Phi) is 4.10. The van der Waals surface area contributed by atoms with E-state index in [1.807, 2.05) is 77.7 Å². The number of benzene rings is 3. The molecule has 1 unspecified atom stereocenters. The normalized spacial score (nSPS) is 15.7. The van der Waals surface area contributed by atoms with Crippen molar-refractivity contribution < 1.29 is 4.79 Å². The minimum Gasteiger partial charge on any atom is -0.295 e. The standard InChI is InChI=1S/C23H16BrN3O/c24-17-13-11-16(12-14-17)22-19-20(15-7-3-1-4-8-15)25-26-21(19)23(28)27(22)18-9-5-2-6-10-18/h1-14,22H,(H,25,26).